The Hall–Kier alpha value is -1.96. The number of aromatic nitrogens is 1. The van der Waals surface area contributed by atoms with Gasteiger partial charge in [0.05, 0.1) is 6.54 Å². The van der Waals surface area contributed by atoms with E-state index in [1.807, 2.05) is 0 Å². The third kappa shape index (κ3) is 2.29. The first-order valence-corrected chi connectivity index (χ1v) is 8.13. The van der Waals surface area contributed by atoms with Crippen molar-refractivity contribution in [2.24, 2.45) is 0 Å². The summed E-state index contributed by atoms with van der Waals surface area (Å²) in [6.07, 6.45) is 11.2. The molecule has 0 radical (unpaired) electrons. The Balaban J connectivity index is 1.85. The summed E-state index contributed by atoms with van der Waals surface area (Å²) in [7, 11) is 0. The highest BCUT2D eigenvalue weighted by Crippen LogP contribution is 2.42. The van der Waals surface area contributed by atoms with Crippen molar-refractivity contribution in [3.05, 3.63) is 53.4 Å². The van der Waals surface area contributed by atoms with E-state index in [-0.39, 0.29) is 0 Å². The fraction of sp³-hybridized carbons (Fsp3) is 0.368. The topological polar surface area (TPSA) is 27.8 Å². The second kappa shape index (κ2) is 5.44. The first kappa shape index (κ1) is 12.8. The van der Waals surface area contributed by atoms with Crippen LogP contribution in [0, 0.1) is 0 Å². The summed E-state index contributed by atoms with van der Waals surface area (Å²) in [6.45, 7) is 0.915. The summed E-state index contributed by atoms with van der Waals surface area (Å²) in [5.74, 6) is 0.719. The summed E-state index contributed by atoms with van der Waals surface area (Å²) in [5.41, 5.74) is 7.02. The smallest absolute Gasteiger partial charge is 0.0552 e. The highest BCUT2D eigenvalue weighted by Gasteiger charge is 2.26. The third-order valence-corrected chi connectivity index (χ3v) is 4.88. The van der Waals surface area contributed by atoms with E-state index in [2.05, 4.69) is 52.9 Å². The van der Waals surface area contributed by atoms with Crippen molar-refractivity contribution >= 4 is 6.08 Å². The minimum atomic E-state index is 0.719. The van der Waals surface area contributed by atoms with Crippen LogP contribution in [0.15, 0.2) is 36.5 Å². The standard InChI is InChI=1S/C19H22N2/c1-3-7-14(8-4-1)18-16-11-12-20-13-17(16)21-19(18)15-9-5-2-6-10-15/h2,5-6,9-12,14,20-21H,1,3-4,7-8,13H2. The van der Waals surface area contributed by atoms with Crippen LogP contribution < -0.4 is 5.32 Å². The molecule has 1 aromatic carbocycles. The summed E-state index contributed by atoms with van der Waals surface area (Å²) >= 11 is 0. The van der Waals surface area contributed by atoms with E-state index < -0.39 is 0 Å². The normalized spacial score (nSPS) is 18.3. The van der Waals surface area contributed by atoms with Crippen molar-refractivity contribution in [2.75, 3.05) is 0 Å². The van der Waals surface area contributed by atoms with Gasteiger partial charge in [-0.25, -0.2) is 0 Å². The molecule has 0 atom stereocenters. The molecule has 21 heavy (non-hydrogen) atoms. The highest BCUT2D eigenvalue weighted by molar-refractivity contribution is 5.74. The second-order valence-electron chi connectivity index (χ2n) is 6.22. The molecule has 0 unspecified atom stereocenters. The van der Waals surface area contributed by atoms with E-state index in [9.17, 15) is 0 Å². The molecule has 0 spiro atoms. The number of hydrogen-bond donors (Lipinski definition) is 2. The van der Waals surface area contributed by atoms with Crippen molar-refractivity contribution < 1.29 is 0 Å². The molecule has 1 aliphatic heterocycles. The Kier molecular flexibility index (Phi) is 3.30. The van der Waals surface area contributed by atoms with Gasteiger partial charge in [-0.2, -0.15) is 0 Å². The number of fused-ring (bicyclic) bond motifs is 1. The van der Waals surface area contributed by atoms with Gasteiger partial charge in [-0.05, 0) is 42.2 Å². The molecule has 2 heterocycles. The molecule has 1 aromatic heterocycles. The van der Waals surface area contributed by atoms with Crippen LogP contribution in [0.5, 0.6) is 0 Å². The Bertz CT molecular complexity index is 646. The zero-order chi connectivity index (χ0) is 14.1. The molecule has 2 nitrogen and oxygen atoms in total. The van der Waals surface area contributed by atoms with E-state index >= 15 is 0 Å². The lowest BCUT2D eigenvalue weighted by molar-refractivity contribution is 0.444. The monoisotopic (exact) mass is 278 g/mol. The van der Waals surface area contributed by atoms with Crippen molar-refractivity contribution in [1.82, 2.24) is 10.3 Å². The van der Waals surface area contributed by atoms with Gasteiger partial charge in [-0.3, -0.25) is 0 Å². The molecule has 4 rings (SSSR count). The zero-order valence-electron chi connectivity index (χ0n) is 12.4. The van der Waals surface area contributed by atoms with Crippen LogP contribution in [-0.4, -0.2) is 4.98 Å². The minimum absolute atomic E-state index is 0.719. The first-order valence-electron chi connectivity index (χ1n) is 8.13. The summed E-state index contributed by atoms with van der Waals surface area (Å²) in [5, 5.41) is 3.32. The molecular formula is C19H22N2. The molecule has 2 heteroatoms. The van der Waals surface area contributed by atoms with Crippen molar-refractivity contribution in [2.45, 2.75) is 44.6 Å². The van der Waals surface area contributed by atoms with Gasteiger partial charge in [0.15, 0.2) is 0 Å². The lowest BCUT2D eigenvalue weighted by atomic mass is 9.81. The van der Waals surface area contributed by atoms with Gasteiger partial charge in [-0.15, -0.1) is 0 Å². The predicted molar refractivity (Wildman–Crippen MR) is 87.9 cm³/mol. The lowest BCUT2D eigenvalue weighted by Gasteiger charge is -2.24. The number of nitrogens with one attached hydrogen (secondary N) is 2. The number of H-pyrrole nitrogens is 1. The molecule has 1 saturated carbocycles. The van der Waals surface area contributed by atoms with Crippen LogP contribution >= 0.6 is 0 Å². The fourth-order valence-corrected chi connectivity index (χ4v) is 3.86. The van der Waals surface area contributed by atoms with E-state index in [1.54, 1.807) is 5.56 Å². The minimum Gasteiger partial charge on any atom is -0.385 e. The number of rotatable bonds is 2. The molecule has 2 aromatic rings. The molecule has 108 valence electrons. The van der Waals surface area contributed by atoms with Gasteiger partial charge in [0, 0.05) is 17.0 Å². The van der Waals surface area contributed by atoms with Crippen LogP contribution in [0.25, 0.3) is 17.3 Å². The molecule has 2 N–H and O–H groups in total. The Morgan fingerprint density at radius 2 is 1.76 bits per heavy atom. The summed E-state index contributed by atoms with van der Waals surface area (Å²) < 4.78 is 0. The molecule has 0 amide bonds. The van der Waals surface area contributed by atoms with Gasteiger partial charge >= 0.3 is 0 Å². The van der Waals surface area contributed by atoms with E-state index in [0.717, 1.165) is 12.5 Å². The second-order valence-corrected chi connectivity index (χ2v) is 6.22. The van der Waals surface area contributed by atoms with Crippen LogP contribution in [-0.2, 0) is 6.54 Å². The molecule has 0 saturated heterocycles. The maximum atomic E-state index is 3.70. The molecule has 0 bridgehead atoms. The fourth-order valence-electron chi connectivity index (χ4n) is 3.86. The van der Waals surface area contributed by atoms with Crippen LogP contribution in [0.3, 0.4) is 0 Å². The Morgan fingerprint density at radius 3 is 2.57 bits per heavy atom. The van der Waals surface area contributed by atoms with E-state index in [0.29, 0.717) is 0 Å². The Morgan fingerprint density at radius 1 is 0.952 bits per heavy atom. The summed E-state index contributed by atoms with van der Waals surface area (Å²) in [6, 6.07) is 10.8. The molecule has 2 aliphatic rings. The van der Waals surface area contributed by atoms with Crippen molar-refractivity contribution in [3.8, 4) is 11.3 Å². The first-order chi connectivity index (χ1) is 10.4. The number of benzene rings is 1. The van der Waals surface area contributed by atoms with Crippen molar-refractivity contribution in [3.63, 3.8) is 0 Å². The lowest BCUT2D eigenvalue weighted by Crippen LogP contribution is -2.11. The maximum absolute atomic E-state index is 3.70. The predicted octanol–water partition coefficient (Wildman–Crippen LogP) is 4.80. The van der Waals surface area contributed by atoms with Gasteiger partial charge in [0.1, 0.15) is 0 Å². The van der Waals surface area contributed by atoms with Gasteiger partial charge in [-0.1, -0.05) is 49.6 Å². The van der Waals surface area contributed by atoms with Gasteiger partial charge < -0.3 is 10.3 Å². The van der Waals surface area contributed by atoms with Crippen LogP contribution in [0.2, 0.25) is 0 Å². The van der Waals surface area contributed by atoms with Gasteiger partial charge in [0.2, 0.25) is 0 Å². The van der Waals surface area contributed by atoms with E-state index in [4.69, 9.17) is 0 Å². The average Bonchev–Trinajstić information content (AvgIpc) is 2.96. The maximum Gasteiger partial charge on any atom is 0.0552 e. The average molecular weight is 278 g/mol. The molecule has 1 aliphatic carbocycles. The van der Waals surface area contributed by atoms with Crippen LogP contribution in [0.1, 0.15) is 54.8 Å². The number of aromatic amines is 1. The largest absolute Gasteiger partial charge is 0.385 e. The summed E-state index contributed by atoms with van der Waals surface area (Å²) in [4.78, 5) is 3.70. The molecular weight excluding hydrogens is 256 g/mol. The number of hydrogen-bond acceptors (Lipinski definition) is 1. The molecule has 1 fully saturated rings. The quantitative estimate of drug-likeness (QED) is 0.811. The zero-order valence-corrected chi connectivity index (χ0v) is 12.4. The third-order valence-electron chi connectivity index (χ3n) is 4.88. The Labute approximate surface area is 126 Å². The van der Waals surface area contributed by atoms with Crippen LogP contribution in [0.4, 0.5) is 0 Å². The SMILES string of the molecule is C1=Cc2c([nH]c(-c3ccccc3)c2C2CCCCC2)CN1. The van der Waals surface area contributed by atoms with Gasteiger partial charge in [0.25, 0.3) is 0 Å². The van der Waals surface area contributed by atoms with E-state index in [1.165, 1.54) is 54.6 Å². The highest BCUT2D eigenvalue weighted by atomic mass is 14.9. The van der Waals surface area contributed by atoms with Crippen molar-refractivity contribution in [1.29, 1.82) is 0 Å².